The Morgan fingerprint density at radius 1 is 1.32 bits per heavy atom. The van der Waals surface area contributed by atoms with Crippen LogP contribution in [0.15, 0.2) is 41.8 Å². The van der Waals surface area contributed by atoms with Crippen molar-refractivity contribution in [1.29, 1.82) is 0 Å². The number of fused-ring (bicyclic) bond motifs is 1. The highest BCUT2D eigenvalue weighted by atomic mass is 32.1. The first-order valence-corrected chi connectivity index (χ1v) is 9.32. The molecule has 2 heterocycles. The van der Waals surface area contributed by atoms with Crippen molar-refractivity contribution in [3.05, 3.63) is 57.8 Å². The van der Waals surface area contributed by atoms with Crippen LogP contribution in [0, 0.1) is 0 Å². The molecule has 0 spiro atoms. The highest BCUT2D eigenvalue weighted by Crippen LogP contribution is 2.42. The van der Waals surface area contributed by atoms with Gasteiger partial charge in [0.25, 0.3) is 0 Å². The van der Waals surface area contributed by atoms with E-state index < -0.39 is 0 Å². The standard InChI is InChI=1S/C20H23NO3S/c1-4-5-8-19(22)21-10-9-14-12-16(23-2)17(24-3)13-15(14)20(21)18-7-6-11-25-18/h5-8,11-13,20H,4,9-10H2,1-3H3/b8-5+. The lowest BCUT2D eigenvalue weighted by molar-refractivity contribution is -0.128. The number of thiophene rings is 1. The van der Waals surface area contributed by atoms with Crippen molar-refractivity contribution in [3.63, 3.8) is 0 Å². The number of amides is 1. The van der Waals surface area contributed by atoms with Gasteiger partial charge in [0.1, 0.15) is 0 Å². The number of benzene rings is 1. The highest BCUT2D eigenvalue weighted by molar-refractivity contribution is 7.10. The second-order valence-corrected chi connectivity index (χ2v) is 6.90. The summed E-state index contributed by atoms with van der Waals surface area (Å²) in [4.78, 5) is 15.8. The zero-order valence-corrected chi connectivity index (χ0v) is 15.6. The van der Waals surface area contributed by atoms with Gasteiger partial charge in [-0.05, 0) is 53.6 Å². The molecule has 0 aliphatic carbocycles. The van der Waals surface area contributed by atoms with E-state index in [-0.39, 0.29) is 11.9 Å². The molecule has 4 nitrogen and oxygen atoms in total. The smallest absolute Gasteiger partial charge is 0.247 e. The molecule has 1 aromatic carbocycles. The maximum Gasteiger partial charge on any atom is 0.247 e. The van der Waals surface area contributed by atoms with E-state index in [9.17, 15) is 4.79 Å². The first-order valence-electron chi connectivity index (χ1n) is 8.45. The molecule has 1 aromatic heterocycles. The molecule has 0 fully saturated rings. The van der Waals surface area contributed by atoms with Gasteiger partial charge in [-0.1, -0.05) is 19.1 Å². The van der Waals surface area contributed by atoms with Crippen LogP contribution in [0.25, 0.3) is 0 Å². The number of methoxy groups -OCH3 is 2. The molecule has 132 valence electrons. The Kier molecular flexibility index (Phi) is 5.43. The van der Waals surface area contributed by atoms with Crippen LogP contribution in [-0.4, -0.2) is 31.6 Å². The Hall–Kier alpha value is -2.27. The Balaban J connectivity index is 2.09. The molecule has 1 amide bonds. The van der Waals surface area contributed by atoms with Gasteiger partial charge in [-0.25, -0.2) is 0 Å². The van der Waals surface area contributed by atoms with Gasteiger partial charge in [-0.3, -0.25) is 4.79 Å². The number of ether oxygens (including phenoxy) is 2. The van der Waals surface area contributed by atoms with Crippen LogP contribution in [0.3, 0.4) is 0 Å². The molecule has 0 saturated heterocycles. The van der Waals surface area contributed by atoms with Crippen molar-refractivity contribution in [3.8, 4) is 11.5 Å². The minimum absolute atomic E-state index is 0.0562. The van der Waals surface area contributed by atoms with Crippen molar-refractivity contribution < 1.29 is 14.3 Å². The summed E-state index contributed by atoms with van der Waals surface area (Å²) in [5.74, 6) is 1.48. The fourth-order valence-electron chi connectivity index (χ4n) is 3.25. The van der Waals surface area contributed by atoms with Gasteiger partial charge < -0.3 is 14.4 Å². The van der Waals surface area contributed by atoms with Crippen molar-refractivity contribution in [2.75, 3.05) is 20.8 Å². The van der Waals surface area contributed by atoms with E-state index in [4.69, 9.17) is 9.47 Å². The maximum atomic E-state index is 12.7. The van der Waals surface area contributed by atoms with Crippen LogP contribution >= 0.6 is 11.3 Å². The number of hydrogen-bond donors (Lipinski definition) is 0. The molecule has 25 heavy (non-hydrogen) atoms. The van der Waals surface area contributed by atoms with Crippen LogP contribution in [0.4, 0.5) is 0 Å². The third kappa shape index (κ3) is 3.42. The zero-order chi connectivity index (χ0) is 17.8. The number of carbonyl (C=O) groups is 1. The van der Waals surface area contributed by atoms with Gasteiger partial charge >= 0.3 is 0 Å². The van der Waals surface area contributed by atoms with E-state index in [0.717, 1.165) is 29.0 Å². The van der Waals surface area contributed by atoms with Crippen LogP contribution in [0.5, 0.6) is 11.5 Å². The third-order valence-electron chi connectivity index (χ3n) is 4.47. The lowest BCUT2D eigenvalue weighted by atomic mass is 9.90. The molecule has 1 unspecified atom stereocenters. The van der Waals surface area contributed by atoms with Crippen molar-refractivity contribution in [2.45, 2.75) is 25.8 Å². The Morgan fingerprint density at radius 2 is 2.08 bits per heavy atom. The van der Waals surface area contributed by atoms with Crippen LogP contribution in [0.1, 0.15) is 35.4 Å². The molecule has 0 N–H and O–H groups in total. The van der Waals surface area contributed by atoms with Crippen molar-refractivity contribution in [1.82, 2.24) is 4.90 Å². The minimum Gasteiger partial charge on any atom is -0.493 e. The molecule has 0 bridgehead atoms. The second kappa shape index (κ2) is 7.74. The Bertz CT molecular complexity index is 767. The largest absolute Gasteiger partial charge is 0.493 e. The molecule has 2 aromatic rings. The van der Waals surface area contributed by atoms with E-state index in [1.165, 1.54) is 5.56 Å². The fraction of sp³-hybridized carbons (Fsp3) is 0.350. The van der Waals surface area contributed by atoms with E-state index in [1.54, 1.807) is 31.6 Å². The maximum absolute atomic E-state index is 12.7. The fourth-order valence-corrected chi connectivity index (χ4v) is 4.11. The Labute approximate surface area is 152 Å². The second-order valence-electron chi connectivity index (χ2n) is 5.92. The summed E-state index contributed by atoms with van der Waals surface area (Å²) >= 11 is 1.67. The minimum atomic E-state index is -0.0856. The van der Waals surface area contributed by atoms with E-state index in [0.29, 0.717) is 12.3 Å². The summed E-state index contributed by atoms with van der Waals surface area (Å²) in [7, 11) is 3.29. The monoisotopic (exact) mass is 357 g/mol. The zero-order valence-electron chi connectivity index (χ0n) is 14.8. The van der Waals surface area contributed by atoms with Gasteiger partial charge in [-0.15, -0.1) is 11.3 Å². The first-order chi connectivity index (χ1) is 12.2. The summed E-state index contributed by atoms with van der Waals surface area (Å²) in [5.41, 5.74) is 2.32. The molecular weight excluding hydrogens is 334 g/mol. The van der Waals surface area contributed by atoms with E-state index in [2.05, 4.69) is 11.4 Å². The summed E-state index contributed by atoms with van der Waals surface area (Å²) in [6.45, 7) is 2.72. The summed E-state index contributed by atoms with van der Waals surface area (Å²) < 4.78 is 10.9. The van der Waals surface area contributed by atoms with Crippen LogP contribution in [0.2, 0.25) is 0 Å². The number of carbonyl (C=O) groups excluding carboxylic acids is 1. The van der Waals surface area contributed by atoms with Gasteiger partial charge in [0.15, 0.2) is 11.5 Å². The molecule has 0 saturated carbocycles. The van der Waals surface area contributed by atoms with Gasteiger partial charge in [0.05, 0.1) is 20.3 Å². The average Bonchev–Trinajstić information content (AvgIpc) is 3.18. The number of rotatable bonds is 5. The first kappa shape index (κ1) is 17.5. The normalized spacial score (nSPS) is 16.8. The third-order valence-corrected chi connectivity index (χ3v) is 5.39. The lowest BCUT2D eigenvalue weighted by Crippen LogP contribution is -2.39. The molecular formula is C20H23NO3S. The molecule has 3 rings (SSSR count). The highest BCUT2D eigenvalue weighted by Gasteiger charge is 2.33. The number of allylic oxidation sites excluding steroid dienone is 1. The van der Waals surface area contributed by atoms with Gasteiger partial charge in [0, 0.05) is 11.4 Å². The summed E-state index contributed by atoms with van der Waals surface area (Å²) in [6.07, 6.45) is 5.26. The molecule has 1 aliphatic heterocycles. The van der Waals surface area contributed by atoms with E-state index in [1.807, 2.05) is 36.1 Å². The van der Waals surface area contributed by atoms with Crippen molar-refractivity contribution in [2.24, 2.45) is 0 Å². The van der Waals surface area contributed by atoms with Gasteiger partial charge in [0.2, 0.25) is 5.91 Å². The molecule has 0 radical (unpaired) electrons. The lowest BCUT2D eigenvalue weighted by Gasteiger charge is -2.37. The summed E-state index contributed by atoms with van der Waals surface area (Å²) in [5, 5.41) is 2.05. The number of nitrogens with zero attached hydrogens (tertiary/aromatic N) is 1. The van der Waals surface area contributed by atoms with Gasteiger partial charge in [-0.2, -0.15) is 0 Å². The Morgan fingerprint density at radius 3 is 2.72 bits per heavy atom. The molecule has 1 aliphatic rings. The quantitative estimate of drug-likeness (QED) is 0.753. The molecule has 1 atom stereocenters. The van der Waals surface area contributed by atoms with Crippen LogP contribution in [-0.2, 0) is 11.2 Å². The summed E-state index contributed by atoms with van der Waals surface area (Å²) in [6, 6.07) is 8.09. The molecule has 5 heteroatoms. The van der Waals surface area contributed by atoms with Crippen LogP contribution < -0.4 is 9.47 Å². The predicted molar refractivity (Wildman–Crippen MR) is 101 cm³/mol. The SMILES string of the molecule is CC/C=C/C(=O)N1CCc2cc(OC)c(OC)cc2C1c1cccs1. The van der Waals surface area contributed by atoms with Crippen molar-refractivity contribution >= 4 is 17.2 Å². The predicted octanol–water partition coefficient (Wildman–Crippen LogP) is 4.21. The number of hydrogen-bond acceptors (Lipinski definition) is 4. The topological polar surface area (TPSA) is 38.8 Å². The van der Waals surface area contributed by atoms with E-state index >= 15 is 0 Å². The average molecular weight is 357 g/mol.